The maximum absolute atomic E-state index is 10.2. The van der Waals surface area contributed by atoms with Crippen molar-refractivity contribution in [3.63, 3.8) is 0 Å². The molecule has 0 spiro atoms. The Hall–Kier alpha value is -1.02. The van der Waals surface area contributed by atoms with Crippen molar-refractivity contribution in [1.29, 1.82) is 0 Å². The largest absolute Gasteiger partial charge is 0.490 e. The van der Waals surface area contributed by atoms with Gasteiger partial charge in [-0.15, -0.1) is 0 Å². The van der Waals surface area contributed by atoms with Gasteiger partial charge in [0.2, 0.25) is 0 Å². The predicted molar refractivity (Wildman–Crippen MR) is 67.0 cm³/mol. The first-order valence-electron chi connectivity index (χ1n) is 6.78. The third kappa shape index (κ3) is 2.19. The van der Waals surface area contributed by atoms with Crippen LogP contribution < -0.4 is 4.74 Å². The SMILES string of the molecule is O[C@@H]1CC(C2CCCCC2)Oc2ccccc21. The van der Waals surface area contributed by atoms with Gasteiger partial charge in [0, 0.05) is 12.0 Å². The lowest BCUT2D eigenvalue weighted by molar-refractivity contribution is 0.0234. The van der Waals surface area contributed by atoms with Crippen molar-refractivity contribution in [3.8, 4) is 5.75 Å². The molecule has 1 aliphatic heterocycles. The maximum atomic E-state index is 10.2. The van der Waals surface area contributed by atoms with Crippen LogP contribution in [0, 0.1) is 5.92 Å². The molecular weight excluding hydrogens is 212 g/mol. The molecule has 0 aromatic heterocycles. The molecule has 0 bridgehead atoms. The Labute approximate surface area is 103 Å². The lowest BCUT2D eigenvalue weighted by Gasteiger charge is -2.36. The summed E-state index contributed by atoms with van der Waals surface area (Å²) in [5.41, 5.74) is 0.958. The molecule has 3 rings (SSSR count). The molecule has 1 N–H and O–H groups in total. The molecule has 0 saturated heterocycles. The van der Waals surface area contributed by atoms with E-state index in [-0.39, 0.29) is 12.2 Å². The van der Waals surface area contributed by atoms with Crippen LogP contribution in [0.5, 0.6) is 5.75 Å². The fraction of sp³-hybridized carbons (Fsp3) is 0.600. The Kier molecular flexibility index (Phi) is 3.06. The molecule has 1 heterocycles. The van der Waals surface area contributed by atoms with E-state index < -0.39 is 0 Å². The number of hydrogen-bond donors (Lipinski definition) is 1. The van der Waals surface area contributed by atoms with Gasteiger partial charge in [0.1, 0.15) is 11.9 Å². The number of benzene rings is 1. The highest BCUT2D eigenvalue weighted by Gasteiger charge is 2.32. The number of aliphatic hydroxyl groups is 1. The van der Waals surface area contributed by atoms with Crippen LogP contribution in [-0.2, 0) is 0 Å². The van der Waals surface area contributed by atoms with Gasteiger partial charge in [-0.25, -0.2) is 0 Å². The highest BCUT2D eigenvalue weighted by Crippen LogP contribution is 2.39. The summed E-state index contributed by atoms with van der Waals surface area (Å²) in [6, 6.07) is 7.89. The molecule has 2 atom stereocenters. The summed E-state index contributed by atoms with van der Waals surface area (Å²) in [5.74, 6) is 1.54. The molecule has 92 valence electrons. The number of ether oxygens (including phenoxy) is 1. The number of rotatable bonds is 1. The molecule has 1 aromatic rings. The fourth-order valence-electron chi connectivity index (χ4n) is 3.22. The van der Waals surface area contributed by atoms with Crippen LogP contribution in [0.1, 0.15) is 50.2 Å². The molecule has 0 amide bonds. The van der Waals surface area contributed by atoms with Crippen LogP contribution in [0.25, 0.3) is 0 Å². The predicted octanol–water partition coefficient (Wildman–Crippen LogP) is 3.45. The molecule has 2 nitrogen and oxygen atoms in total. The van der Waals surface area contributed by atoms with Gasteiger partial charge in [0.15, 0.2) is 0 Å². The van der Waals surface area contributed by atoms with E-state index in [1.165, 1.54) is 32.1 Å². The minimum absolute atomic E-state index is 0.222. The number of aliphatic hydroxyl groups excluding tert-OH is 1. The topological polar surface area (TPSA) is 29.5 Å². The van der Waals surface area contributed by atoms with Crippen molar-refractivity contribution in [3.05, 3.63) is 29.8 Å². The second-order valence-electron chi connectivity index (χ2n) is 5.34. The maximum Gasteiger partial charge on any atom is 0.125 e. The highest BCUT2D eigenvalue weighted by atomic mass is 16.5. The number of fused-ring (bicyclic) bond motifs is 1. The van der Waals surface area contributed by atoms with Crippen molar-refractivity contribution in [2.75, 3.05) is 0 Å². The minimum Gasteiger partial charge on any atom is -0.490 e. The van der Waals surface area contributed by atoms with Gasteiger partial charge in [0.25, 0.3) is 0 Å². The zero-order valence-corrected chi connectivity index (χ0v) is 10.1. The van der Waals surface area contributed by atoms with Crippen LogP contribution in [0.3, 0.4) is 0 Å². The lowest BCUT2D eigenvalue weighted by Crippen LogP contribution is -2.33. The van der Waals surface area contributed by atoms with Crippen molar-refractivity contribution in [2.24, 2.45) is 5.92 Å². The molecule has 1 fully saturated rings. The van der Waals surface area contributed by atoms with E-state index in [0.717, 1.165) is 17.7 Å². The fourth-order valence-corrected chi connectivity index (χ4v) is 3.22. The molecule has 17 heavy (non-hydrogen) atoms. The second kappa shape index (κ2) is 4.69. The first kappa shape index (κ1) is 11.1. The summed E-state index contributed by atoms with van der Waals surface area (Å²) in [5, 5.41) is 10.2. The van der Waals surface area contributed by atoms with E-state index in [2.05, 4.69) is 0 Å². The van der Waals surface area contributed by atoms with Gasteiger partial charge in [-0.05, 0) is 24.8 Å². The monoisotopic (exact) mass is 232 g/mol. The zero-order chi connectivity index (χ0) is 11.7. The molecule has 1 unspecified atom stereocenters. The average molecular weight is 232 g/mol. The van der Waals surface area contributed by atoms with E-state index in [9.17, 15) is 5.11 Å². The van der Waals surface area contributed by atoms with E-state index in [0.29, 0.717) is 5.92 Å². The van der Waals surface area contributed by atoms with E-state index in [1.807, 2.05) is 24.3 Å². The van der Waals surface area contributed by atoms with Crippen LogP contribution in [0.15, 0.2) is 24.3 Å². The Morgan fingerprint density at radius 1 is 1.06 bits per heavy atom. The third-order valence-electron chi connectivity index (χ3n) is 4.19. The van der Waals surface area contributed by atoms with Gasteiger partial charge in [0.05, 0.1) is 6.10 Å². The summed E-state index contributed by atoms with van der Waals surface area (Å²) in [6.07, 6.45) is 7.18. The van der Waals surface area contributed by atoms with Gasteiger partial charge >= 0.3 is 0 Å². The van der Waals surface area contributed by atoms with Crippen LogP contribution in [0.4, 0.5) is 0 Å². The molecular formula is C15H20O2. The quantitative estimate of drug-likeness (QED) is 0.803. The minimum atomic E-state index is -0.341. The average Bonchev–Trinajstić information content (AvgIpc) is 2.40. The second-order valence-corrected chi connectivity index (χ2v) is 5.34. The normalized spacial score (nSPS) is 29.5. The summed E-state index contributed by atoms with van der Waals surface area (Å²) in [6.45, 7) is 0. The van der Waals surface area contributed by atoms with Crippen molar-refractivity contribution in [1.82, 2.24) is 0 Å². The molecule has 1 aliphatic carbocycles. The summed E-state index contributed by atoms with van der Waals surface area (Å²) < 4.78 is 6.08. The molecule has 2 aliphatic rings. The van der Waals surface area contributed by atoms with Gasteiger partial charge in [-0.1, -0.05) is 37.5 Å². The molecule has 0 radical (unpaired) electrons. The van der Waals surface area contributed by atoms with Crippen molar-refractivity contribution in [2.45, 2.75) is 50.7 Å². The Morgan fingerprint density at radius 2 is 1.82 bits per heavy atom. The Morgan fingerprint density at radius 3 is 2.65 bits per heavy atom. The van der Waals surface area contributed by atoms with E-state index in [1.54, 1.807) is 0 Å². The Balaban J connectivity index is 1.78. The first-order valence-corrected chi connectivity index (χ1v) is 6.78. The van der Waals surface area contributed by atoms with Gasteiger partial charge < -0.3 is 9.84 Å². The molecule has 1 saturated carbocycles. The third-order valence-corrected chi connectivity index (χ3v) is 4.19. The number of hydrogen-bond acceptors (Lipinski definition) is 2. The Bertz CT molecular complexity index is 382. The van der Waals surface area contributed by atoms with Gasteiger partial charge in [-0.2, -0.15) is 0 Å². The van der Waals surface area contributed by atoms with E-state index in [4.69, 9.17) is 4.74 Å². The number of para-hydroxylation sites is 1. The molecule has 2 heteroatoms. The summed E-state index contributed by atoms with van der Waals surface area (Å²) >= 11 is 0. The van der Waals surface area contributed by atoms with Crippen LogP contribution >= 0.6 is 0 Å². The zero-order valence-electron chi connectivity index (χ0n) is 10.1. The summed E-state index contributed by atoms with van der Waals surface area (Å²) in [4.78, 5) is 0. The smallest absolute Gasteiger partial charge is 0.125 e. The van der Waals surface area contributed by atoms with Crippen LogP contribution in [0.2, 0.25) is 0 Å². The standard InChI is InChI=1S/C15H20O2/c16-13-10-15(11-6-2-1-3-7-11)17-14-9-5-4-8-12(13)14/h4-5,8-9,11,13,15-16H,1-3,6-7,10H2/t13-,15?/m1/s1. The van der Waals surface area contributed by atoms with Gasteiger partial charge in [-0.3, -0.25) is 0 Å². The van der Waals surface area contributed by atoms with Crippen molar-refractivity contribution < 1.29 is 9.84 Å². The van der Waals surface area contributed by atoms with Crippen molar-refractivity contribution >= 4 is 0 Å². The first-order chi connectivity index (χ1) is 8.34. The lowest BCUT2D eigenvalue weighted by atomic mass is 9.81. The van der Waals surface area contributed by atoms with Crippen LogP contribution in [-0.4, -0.2) is 11.2 Å². The van der Waals surface area contributed by atoms with E-state index >= 15 is 0 Å². The highest BCUT2D eigenvalue weighted by molar-refractivity contribution is 5.37. The summed E-state index contributed by atoms with van der Waals surface area (Å²) in [7, 11) is 0. The molecule has 1 aromatic carbocycles.